The Labute approximate surface area is 99.3 Å². The van der Waals surface area contributed by atoms with Gasteiger partial charge in [0.1, 0.15) is 0 Å². The van der Waals surface area contributed by atoms with Gasteiger partial charge in [0.15, 0.2) is 0 Å². The Balaban J connectivity index is 2.66. The van der Waals surface area contributed by atoms with Gasteiger partial charge < -0.3 is 15.8 Å². The minimum Gasteiger partial charge on any atom is -0.459 e. The Morgan fingerprint density at radius 1 is 1.35 bits per heavy atom. The van der Waals surface area contributed by atoms with Gasteiger partial charge in [-0.2, -0.15) is 0 Å². The monoisotopic (exact) mass is 234 g/mol. The molecule has 1 aromatic rings. The fourth-order valence-corrected chi connectivity index (χ4v) is 1.15. The van der Waals surface area contributed by atoms with E-state index in [4.69, 9.17) is 5.73 Å². The predicted molar refractivity (Wildman–Crippen MR) is 64.9 cm³/mol. The molecule has 0 saturated carbocycles. The molecule has 0 spiro atoms. The van der Waals surface area contributed by atoms with E-state index in [1.807, 2.05) is 0 Å². The van der Waals surface area contributed by atoms with Crippen molar-refractivity contribution >= 4 is 23.3 Å². The molecule has 0 unspecified atom stereocenters. The molecule has 0 aromatic heterocycles. The molecule has 17 heavy (non-hydrogen) atoms. The zero-order valence-electron chi connectivity index (χ0n) is 9.53. The number of benzene rings is 1. The molecule has 0 aliphatic carbocycles. The maximum atomic E-state index is 11.3. The molecule has 0 atom stereocenters. The Bertz CT molecular complexity index is 438. The Morgan fingerprint density at radius 3 is 2.41 bits per heavy atom. The molecule has 0 heterocycles. The van der Waals surface area contributed by atoms with E-state index in [9.17, 15) is 9.59 Å². The minimum absolute atomic E-state index is 0.165. The number of nitrogens with one attached hydrogen (secondary N) is 1. The van der Waals surface area contributed by atoms with E-state index in [0.717, 1.165) is 5.56 Å². The van der Waals surface area contributed by atoms with Crippen molar-refractivity contribution in [2.24, 2.45) is 5.73 Å². The number of esters is 1. The molecule has 0 radical (unpaired) electrons. The highest BCUT2D eigenvalue weighted by Gasteiger charge is 2.14. The number of carbonyl (C=O) groups is 2. The van der Waals surface area contributed by atoms with E-state index in [-0.39, 0.29) is 6.61 Å². The molecule has 0 fully saturated rings. The second-order valence-corrected chi connectivity index (χ2v) is 3.28. The van der Waals surface area contributed by atoms with Gasteiger partial charge in [0.05, 0.1) is 6.61 Å². The van der Waals surface area contributed by atoms with E-state index >= 15 is 0 Å². The van der Waals surface area contributed by atoms with Crippen molar-refractivity contribution in [3.63, 3.8) is 0 Å². The number of ether oxygens (including phenoxy) is 1. The summed E-state index contributed by atoms with van der Waals surface area (Å²) in [4.78, 5) is 22.3. The second-order valence-electron chi connectivity index (χ2n) is 3.28. The van der Waals surface area contributed by atoms with Gasteiger partial charge in [-0.25, -0.2) is 4.79 Å². The molecule has 90 valence electrons. The molecular weight excluding hydrogens is 220 g/mol. The summed E-state index contributed by atoms with van der Waals surface area (Å²) in [5, 5.41) is 2.41. The molecule has 0 aliphatic rings. The smallest absolute Gasteiger partial charge is 0.397 e. The van der Waals surface area contributed by atoms with Crippen LogP contribution >= 0.6 is 0 Å². The topological polar surface area (TPSA) is 81.4 Å². The second kappa shape index (κ2) is 5.69. The van der Waals surface area contributed by atoms with Gasteiger partial charge in [-0.3, -0.25) is 4.79 Å². The maximum absolute atomic E-state index is 11.3. The molecule has 0 bridgehead atoms. The van der Waals surface area contributed by atoms with Crippen molar-refractivity contribution in [3.8, 4) is 0 Å². The van der Waals surface area contributed by atoms with Gasteiger partial charge in [0.25, 0.3) is 0 Å². The van der Waals surface area contributed by atoms with Gasteiger partial charge >= 0.3 is 11.9 Å². The van der Waals surface area contributed by atoms with Crippen molar-refractivity contribution < 1.29 is 14.3 Å². The lowest BCUT2D eigenvalue weighted by Crippen LogP contribution is -2.24. The Hall–Kier alpha value is -2.30. The zero-order valence-corrected chi connectivity index (χ0v) is 9.53. The van der Waals surface area contributed by atoms with E-state index in [1.165, 1.54) is 0 Å². The third-order valence-corrected chi connectivity index (χ3v) is 1.97. The average Bonchev–Trinajstić information content (AvgIpc) is 2.30. The van der Waals surface area contributed by atoms with Crippen molar-refractivity contribution in [2.45, 2.75) is 6.92 Å². The van der Waals surface area contributed by atoms with Crippen LogP contribution in [-0.2, 0) is 14.3 Å². The van der Waals surface area contributed by atoms with Gasteiger partial charge in [-0.05, 0) is 24.6 Å². The van der Waals surface area contributed by atoms with Crippen LogP contribution in [0.2, 0.25) is 0 Å². The van der Waals surface area contributed by atoms with Crippen LogP contribution in [0.3, 0.4) is 0 Å². The van der Waals surface area contributed by atoms with Crippen LogP contribution in [0.25, 0.3) is 5.70 Å². The number of hydrogen-bond acceptors (Lipinski definition) is 4. The molecule has 1 amide bonds. The van der Waals surface area contributed by atoms with E-state index in [2.05, 4.69) is 16.6 Å². The molecule has 5 nitrogen and oxygen atoms in total. The Morgan fingerprint density at radius 2 is 1.94 bits per heavy atom. The van der Waals surface area contributed by atoms with Crippen LogP contribution < -0.4 is 11.1 Å². The van der Waals surface area contributed by atoms with Crippen LogP contribution in [0.15, 0.2) is 30.8 Å². The van der Waals surface area contributed by atoms with Crippen molar-refractivity contribution in [1.82, 2.24) is 0 Å². The summed E-state index contributed by atoms with van der Waals surface area (Å²) in [6.07, 6.45) is 0. The van der Waals surface area contributed by atoms with Crippen LogP contribution in [0.1, 0.15) is 12.5 Å². The quantitative estimate of drug-likeness (QED) is 0.606. The minimum atomic E-state index is -0.903. The molecule has 1 rings (SSSR count). The first-order valence-electron chi connectivity index (χ1n) is 5.07. The van der Waals surface area contributed by atoms with Crippen LogP contribution in [-0.4, -0.2) is 18.5 Å². The van der Waals surface area contributed by atoms with E-state index in [0.29, 0.717) is 11.4 Å². The largest absolute Gasteiger partial charge is 0.459 e. The number of nitrogens with two attached hydrogens (primary N) is 1. The average molecular weight is 234 g/mol. The van der Waals surface area contributed by atoms with Crippen molar-refractivity contribution in [3.05, 3.63) is 36.4 Å². The van der Waals surface area contributed by atoms with E-state index < -0.39 is 11.9 Å². The lowest BCUT2D eigenvalue weighted by Gasteiger charge is -2.05. The van der Waals surface area contributed by atoms with Gasteiger partial charge in [-0.1, -0.05) is 18.7 Å². The number of anilines is 1. The molecule has 3 N–H and O–H groups in total. The first-order chi connectivity index (χ1) is 8.04. The lowest BCUT2D eigenvalue weighted by atomic mass is 10.1. The molecule has 0 saturated heterocycles. The summed E-state index contributed by atoms with van der Waals surface area (Å²) in [5.74, 6) is -1.70. The molecule has 5 heteroatoms. The third-order valence-electron chi connectivity index (χ3n) is 1.97. The van der Waals surface area contributed by atoms with Gasteiger partial charge in [0, 0.05) is 11.4 Å². The lowest BCUT2D eigenvalue weighted by molar-refractivity contribution is -0.152. The molecule has 0 aliphatic heterocycles. The first-order valence-corrected chi connectivity index (χ1v) is 5.07. The van der Waals surface area contributed by atoms with Crippen molar-refractivity contribution in [2.75, 3.05) is 11.9 Å². The standard InChI is InChI=1S/C12H14N2O3/c1-3-17-12(16)11(15)14-10-6-4-9(5-7-10)8(2)13/h4-7H,2-3,13H2,1H3,(H,14,15). The van der Waals surface area contributed by atoms with Crippen LogP contribution in [0.4, 0.5) is 5.69 Å². The van der Waals surface area contributed by atoms with Gasteiger partial charge in [-0.15, -0.1) is 0 Å². The number of rotatable bonds is 3. The number of hydrogen-bond donors (Lipinski definition) is 2. The summed E-state index contributed by atoms with van der Waals surface area (Å²) in [6, 6.07) is 6.65. The number of carbonyl (C=O) groups excluding carboxylic acids is 2. The molecular formula is C12H14N2O3. The van der Waals surface area contributed by atoms with Crippen LogP contribution in [0, 0.1) is 0 Å². The van der Waals surface area contributed by atoms with Crippen molar-refractivity contribution in [1.29, 1.82) is 0 Å². The maximum Gasteiger partial charge on any atom is 0.397 e. The highest BCUT2D eigenvalue weighted by Crippen LogP contribution is 2.12. The fourth-order valence-electron chi connectivity index (χ4n) is 1.15. The summed E-state index contributed by atoms with van der Waals surface area (Å²) >= 11 is 0. The summed E-state index contributed by atoms with van der Waals surface area (Å²) < 4.78 is 4.55. The normalized spacial score (nSPS) is 9.47. The van der Waals surface area contributed by atoms with E-state index in [1.54, 1.807) is 31.2 Å². The first kappa shape index (κ1) is 12.8. The molecule has 1 aromatic carbocycles. The number of amides is 1. The summed E-state index contributed by atoms with van der Waals surface area (Å²) in [5.41, 5.74) is 7.19. The van der Waals surface area contributed by atoms with Crippen LogP contribution in [0.5, 0.6) is 0 Å². The zero-order chi connectivity index (χ0) is 12.8. The van der Waals surface area contributed by atoms with Gasteiger partial charge in [0.2, 0.25) is 0 Å². The highest BCUT2D eigenvalue weighted by atomic mass is 16.5. The highest BCUT2D eigenvalue weighted by molar-refractivity contribution is 6.37. The summed E-state index contributed by atoms with van der Waals surface area (Å²) in [6.45, 7) is 5.38. The SMILES string of the molecule is C=C(N)c1ccc(NC(=O)C(=O)OCC)cc1. The third kappa shape index (κ3) is 3.64. The predicted octanol–water partition coefficient (Wildman–Crippen LogP) is 1.12. The Kier molecular flexibility index (Phi) is 4.28. The summed E-state index contributed by atoms with van der Waals surface area (Å²) in [7, 11) is 0. The fraction of sp³-hybridized carbons (Fsp3) is 0.167.